The van der Waals surface area contributed by atoms with Gasteiger partial charge in [0.05, 0.1) is 0 Å². The molecule has 32 heavy (non-hydrogen) atoms. The maximum atomic E-state index is 2.56. The van der Waals surface area contributed by atoms with Gasteiger partial charge in [-0.1, -0.05) is 0 Å². The first-order chi connectivity index (χ1) is 15.4. The Kier molecular flexibility index (Phi) is 5.74. The molecule has 2 aliphatic carbocycles. The Hall–Kier alpha value is -1.99. The van der Waals surface area contributed by atoms with Crippen molar-refractivity contribution in [2.75, 3.05) is 0 Å². The summed E-state index contributed by atoms with van der Waals surface area (Å²) in [4.78, 5) is 0. The van der Waals surface area contributed by atoms with Crippen LogP contribution in [0.15, 0.2) is 92.4 Å². The Morgan fingerprint density at radius 3 is 2.00 bits per heavy atom. The molecular formula is C31H32Hf. The normalized spacial score (nSPS) is 17.5. The van der Waals surface area contributed by atoms with E-state index in [-0.39, 0.29) is 0 Å². The fourth-order valence-corrected chi connectivity index (χ4v) is 12.9. The number of aryl methyl sites for hydroxylation is 1. The van der Waals surface area contributed by atoms with Gasteiger partial charge in [-0.05, 0) is 0 Å². The minimum atomic E-state index is -1.15. The summed E-state index contributed by atoms with van der Waals surface area (Å²) >= 11 is -1.15. The quantitative estimate of drug-likeness (QED) is 0.264. The monoisotopic (exact) mass is 584 g/mol. The summed E-state index contributed by atoms with van der Waals surface area (Å²) in [5.41, 5.74) is 12.6. The molecule has 0 aromatic heterocycles. The molecule has 2 aliphatic rings. The van der Waals surface area contributed by atoms with Gasteiger partial charge in [0.25, 0.3) is 0 Å². The summed E-state index contributed by atoms with van der Waals surface area (Å²) < 4.78 is 2.18. The molecule has 0 amide bonds. The summed E-state index contributed by atoms with van der Waals surface area (Å²) in [5, 5.41) is 2.76. The van der Waals surface area contributed by atoms with Crippen molar-refractivity contribution >= 4 is 16.3 Å². The molecule has 0 unspecified atom stereocenters. The van der Waals surface area contributed by atoms with Crippen LogP contribution in [0.5, 0.6) is 0 Å². The van der Waals surface area contributed by atoms with Crippen molar-refractivity contribution in [1.82, 2.24) is 0 Å². The van der Waals surface area contributed by atoms with Crippen LogP contribution >= 0.6 is 0 Å². The molecule has 0 radical (unpaired) electrons. The van der Waals surface area contributed by atoms with Crippen LogP contribution in [0.4, 0.5) is 0 Å². The summed E-state index contributed by atoms with van der Waals surface area (Å²) in [7, 11) is 0. The zero-order chi connectivity index (χ0) is 22.5. The SMILES string of the molecule is CC1=C(C)[C](C)([Hf][C]2=C(CCc3ccccc3)c3cc4ccccc4cc3C2)C(C)=C1C. The second-order valence-electron chi connectivity index (χ2n) is 9.73. The summed E-state index contributed by atoms with van der Waals surface area (Å²) in [6, 6.07) is 24.9. The Labute approximate surface area is 204 Å². The Bertz CT molecular complexity index is 1280. The molecule has 0 saturated heterocycles. The van der Waals surface area contributed by atoms with Gasteiger partial charge >= 0.3 is 205 Å². The van der Waals surface area contributed by atoms with Crippen molar-refractivity contribution in [3.63, 3.8) is 0 Å². The van der Waals surface area contributed by atoms with Gasteiger partial charge in [-0.3, -0.25) is 0 Å². The number of hydrogen-bond acceptors (Lipinski definition) is 0. The molecule has 0 atom stereocenters. The third-order valence-corrected chi connectivity index (χ3v) is 15.4. The zero-order valence-corrected chi connectivity index (χ0v) is 23.6. The van der Waals surface area contributed by atoms with Crippen LogP contribution in [0.2, 0.25) is 3.17 Å². The van der Waals surface area contributed by atoms with Crippen LogP contribution in [-0.2, 0) is 35.7 Å². The Morgan fingerprint density at radius 1 is 0.750 bits per heavy atom. The van der Waals surface area contributed by atoms with Crippen molar-refractivity contribution in [2.24, 2.45) is 0 Å². The van der Waals surface area contributed by atoms with Gasteiger partial charge in [0.2, 0.25) is 0 Å². The van der Waals surface area contributed by atoms with E-state index in [1.54, 1.807) is 39.0 Å². The van der Waals surface area contributed by atoms with Crippen molar-refractivity contribution in [3.05, 3.63) is 109 Å². The number of benzene rings is 3. The van der Waals surface area contributed by atoms with E-state index in [9.17, 15) is 0 Å². The minimum absolute atomic E-state index is 0.336. The molecule has 0 nitrogen and oxygen atoms in total. The first-order valence-corrected chi connectivity index (χ1v) is 15.4. The van der Waals surface area contributed by atoms with E-state index in [2.05, 4.69) is 101 Å². The van der Waals surface area contributed by atoms with Crippen LogP contribution in [-0.4, -0.2) is 0 Å². The average Bonchev–Trinajstić information content (AvgIpc) is 3.20. The number of hydrogen-bond donors (Lipinski definition) is 0. The fourth-order valence-electron chi connectivity index (χ4n) is 5.58. The average molecular weight is 583 g/mol. The van der Waals surface area contributed by atoms with Crippen LogP contribution < -0.4 is 0 Å². The third kappa shape index (κ3) is 3.63. The molecule has 5 rings (SSSR count). The van der Waals surface area contributed by atoms with Crippen molar-refractivity contribution in [2.45, 2.75) is 57.1 Å². The van der Waals surface area contributed by atoms with E-state index < -0.39 is 22.9 Å². The van der Waals surface area contributed by atoms with Gasteiger partial charge < -0.3 is 0 Å². The zero-order valence-electron chi connectivity index (χ0n) is 20.0. The molecule has 160 valence electrons. The first kappa shape index (κ1) is 21.8. The second-order valence-corrected chi connectivity index (χ2v) is 16.4. The third-order valence-electron chi connectivity index (χ3n) is 8.12. The molecule has 0 spiro atoms. The van der Waals surface area contributed by atoms with Crippen molar-refractivity contribution < 1.29 is 22.9 Å². The van der Waals surface area contributed by atoms with Gasteiger partial charge in [0, 0.05) is 0 Å². The van der Waals surface area contributed by atoms with E-state index in [0.29, 0.717) is 3.17 Å². The predicted octanol–water partition coefficient (Wildman–Crippen LogP) is 8.69. The first-order valence-electron chi connectivity index (χ1n) is 11.8. The van der Waals surface area contributed by atoms with Gasteiger partial charge in [-0.2, -0.15) is 0 Å². The molecule has 0 aliphatic heterocycles. The number of rotatable bonds is 5. The van der Waals surface area contributed by atoms with Crippen LogP contribution in [0.3, 0.4) is 0 Å². The molecule has 0 saturated carbocycles. The Balaban J connectivity index is 1.57. The predicted molar refractivity (Wildman–Crippen MR) is 134 cm³/mol. The van der Waals surface area contributed by atoms with E-state index >= 15 is 0 Å². The molecule has 0 N–H and O–H groups in total. The molecule has 0 fully saturated rings. The van der Waals surface area contributed by atoms with Crippen molar-refractivity contribution in [1.29, 1.82) is 0 Å². The molecule has 3 aromatic rings. The Morgan fingerprint density at radius 2 is 1.34 bits per heavy atom. The van der Waals surface area contributed by atoms with Gasteiger partial charge in [0.15, 0.2) is 0 Å². The molecule has 3 aromatic carbocycles. The van der Waals surface area contributed by atoms with Crippen LogP contribution in [0, 0.1) is 0 Å². The maximum absolute atomic E-state index is 2.56. The number of allylic oxidation sites excluding steroid dienone is 6. The summed E-state index contributed by atoms with van der Waals surface area (Å²) in [6.07, 6.45) is 3.48. The topological polar surface area (TPSA) is 0 Å². The molecular weight excluding hydrogens is 551 g/mol. The van der Waals surface area contributed by atoms with E-state index in [1.165, 1.54) is 22.8 Å². The number of fused-ring (bicyclic) bond motifs is 2. The van der Waals surface area contributed by atoms with Crippen LogP contribution in [0.25, 0.3) is 16.3 Å². The van der Waals surface area contributed by atoms with Crippen LogP contribution in [0.1, 0.15) is 57.7 Å². The van der Waals surface area contributed by atoms with E-state index in [0.717, 1.165) is 12.8 Å². The van der Waals surface area contributed by atoms with E-state index in [4.69, 9.17) is 0 Å². The van der Waals surface area contributed by atoms with Gasteiger partial charge in [-0.15, -0.1) is 0 Å². The fraction of sp³-hybridized carbons (Fsp3) is 0.290. The molecule has 0 heterocycles. The second kappa shape index (κ2) is 8.41. The molecule has 1 heteroatoms. The standard InChI is InChI=1S/C21H17.C10H15.Hf/c1-2-6-16(7-3-1)10-11-17-12-13-20-14-18-8-4-5-9-19(18)15-21(17)20;1-6-7(2)9(4)10(5)8(6)3;/h1-9,14-15H,10-11,13H2;1-5H3;. The molecule has 0 bridgehead atoms. The van der Waals surface area contributed by atoms with E-state index in [1.807, 2.05) is 3.33 Å². The van der Waals surface area contributed by atoms with Gasteiger partial charge in [-0.25, -0.2) is 0 Å². The summed E-state index contributed by atoms with van der Waals surface area (Å²) in [5.74, 6) is 0. The van der Waals surface area contributed by atoms with Crippen molar-refractivity contribution in [3.8, 4) is 0 Å². The van der Waals surface area contributed by atoms with Gasteiger partial charge in [0.1, 0.15) is 0 Å². The summed E-state index contributed by atoms with van der Waals surface area (Å²) in [6.45, 7) is 12.0.